The molecule has 2 unspecified atom stereocenters. The third-order valence-corrected chi connectivity index (χ3v) is 5.30. The van der Waals surface area contributed by atoms with Crippen molar-refractivity contribution in [1.82, 2.24) is 24.7 Å². The highest BCUT2D eigenvalue weighted by Gasteiger charge is 2.30. The van der Waals surface area contributed by atoms with Gasteiger partial charge < -0.3 is 19.1 Å². The van der Waals surface area contributed by atoms with Crippen LogP contribution in [-0.4, -0.2) is 42.9 Å². The van der Waals surface area contributed by atoms with Gasteiger partial charge in [-0.25, -0.2) is 9.97 Å². The van der Waals surface area contributed by atoms with Crippen LogP contribution < -0.4 is 4.90 Å². The first kappa shape index (κ1) is 18.6. The van der Waals surface area contributed by atoms with Crippen molar-refractivity contribution >= 4 is 5.82 Å². The Bertz CT molecular complexity index is 934. The Morgan fingerprint density at radius 2 is 2.11 bits per heavy atom. The lowest BCUT2D eigenvalue weighted by Gasteiger charge is -2.35. The molecule has 1 saturated heterocycles. The van der Waals surface area contributed by atoms with Crippen LogP contribution in [0.2, 0.25) is 0 Å². The molecular weight excluding hydrogens is 356 g/mol. The van der Waals surface area contributed by atoms with Crippen LogP contribution in [0.25, 0.3) is 11.5 Å². The molecule has 4 heterocycles. The number of aliphatic hydroxyl groups excluding tert-OH is 1. The molecule has 8 nitrogen and oxygen atoms in total. The average molecular weight is 382 g/mol. The van der Waals surface area contributed by atoms with E-state index in [0.29, 0.717) is 17.5 Å². The quantitative estimate of drug-likeness (QED) is 0.725. The predicted molar refractivity (Wildman–Crippen MR) is 105 cm³/mol. The number of aromatic nitrogens is 5. The van der Waals surface area contributed by atoms with Crippen molar-refractivity contribution in [1.29, 1.82) is 0 Å². The maximum atomic E-state index is 10.8. The second-order valence-electron chi connectivity index (χ2n) is 7.70. The van der Waals surface area contributed by atoms with Gasteiger partial charge in [0, 0.05) is 56.1 Å². The maximum absolute atomic E-state index is 10.8. The fourth-order valence-corrected chi connectivity index (χ4v) is 3.66. The van der Waals surface area contributed by atoms with Gasteiger partial charge in [0.05, 0.1) is 0 Å². The van der Waals surface area contributed by atoms with Crippen molar-refractivity contribution in [2.75, 3.05) is 18.0 Å². The molecule has 0 amide bonds. The second kappa shape index (κ2) is 7.71. The van der Waals surface area contributed by atoms with Gasteiger partial charge in [0.2, 0.25) is 0 Å². The van der Waals surface area contributed by atoms with Crippen molar-refractivity contribution in [3.8, 4) is 11.5 Å². The monoisotopic (exact) mass is 382 g/mol. The van der Waals surface area contributed by atoms with Crippen LogP contribution in [0, 0.1) is 5.92 Å². The summed E-state index contributed by atoms with van der Waals surface area (Å²) >= 11 is 0. The van der Waals surface area contributed by atoms with Gasteiger partial charge in [-0.3, -0.25) is 0 Å². The minimum atomic E-state index is -0.587. The molecule has 3 aromatic heterocycles. The number of hydrogen-bond donors (Lipinski definition) is 1. The Morgan fingerprint density at radius 3 is 2.82 bits per heavy atom. The molecule has 3 aromatic rings. The number of hydrogen-bond acceptors (Lipinski definition) is 7. The third kappa shape index (κ3) is 3.64. The first-order chi connectivity index (χ1) is 13.5. The number of aryl methyl sites for hydroxylation is 1. The van der Waals surface area contributed by atoms with Gasteiger partial charge in [-0.05, 0) is 25.0 Å². The van der Waals surface area contributed by atoms with Crippen molar-refractivity contribution in [2.45, 2.75) is 38.7 Å². The number of piperidine rings is 1. The molecule has 4 rings (SSSR count). The van der Waals surface area contributed by atoms with Crippen LogP contribution >= 0.6 is 0 Å². The van der Waals surface area contributed by atoms with Crippen LogP contribution in [0.5, 0.6) is 0 Å². The third-order valence-electron chi connectivity index (χ3n) is 5.30. The van der Waals surface area contributed by atoms with E-state index in [9.17, 15) is 5.11 Å². The summed E-state index contributed by atoms with van der Waals surface area (Å²) in [5, 5.41) is 14.8. The highest BCUT2D eigenvalue weighted by molar-refractivity contribution is 5.58. The largest absolute Gasteiger partial charge is 0.385 e. The Morgan fingerprint density at radius 1 is 1.25 bits per heavy atom. The smallest absolute Gasteiger partial charge is 0.258 e. The summed E-state index contributed by atoms with van der Waals surface area (Å²) in [5.74, 6) is 3.10. The molecule has 0 bridgehead atoms. The number of aliphatic hydroxyl groups is 1. The van der Waals surface area contributed by atoms with Crippen LogP contribution in [-0.2, 0) is 7.05 Å². The van der Waals surface area contributed by atoms with E-state index in [2.05, 4.69) is 25.0 Å². The summed E-state index contributed by atoms with van der Waals surface area (Å²) in [6.07, 6.45) is 6.72. The van der Waals surface area contributed by atoms with E-state index in [-0.39, 0.29) is 11.8 Å². The minimum absolute atomic E-state index is 0.108. The predicted octanol–water partition coefficient (Wildman–Crippen LogP) is 2.94. The molecule has 1 N–H and O–H groups in total. The van der Waals surface area contributed by atoms with Gasteiger partial charge in [0.1, 0.15) is 17.7 Å². The summed E-state index contributed by atoms with van der Waals surface area (Å²) in [6.45, 7) is 5.70. The van der Waals surface area contributed by atoms with Crippen LogP contribution in [0.15, 0.2) is 35.2 Å². The highest BCUT2D eigenvalue weighted by Crippen LogP contribution is 2.31. The van der Waals surface area contributed by atoms with E-state index >= 15 is 0 Å². The number of nitrogens with zero attached hydrogens (tertiary/aromatic N) is 6. The summed E-state index contributed by atoms with van der Waals surface area (Å²) in [6, 6.07) is 3.86. The van der Waals surface area contributed by atoms with E-state index in [4.69, 9.17) is 4.52 Å². The molecular formula is C20H26N6O2. The molecule has 0 saturated carbocycles. The van der Waals surface area contributed by atoms with Crippen LogP contribution in [0.3, 0.4) is 0 Å². The van der Waals surface area contributed by atoms with Gasteiger partial charge >= 0.3 is 0 Å². The highest BCUT2D eigenvalue weighted by atomic mass is 16.5. The van der Waals surface area contributed by atoms with E-state index in [0.717, 1.165) is 37.3 Å². The van der Waals surface area contributed by atoms with Crippen molar-refractivity contribution in [3.05, 3.63) is 42.4 Å². The molecule has 0 spiro atoms. The zero-order valence-electron chi connectivity index (χ0n) is 16.5. The molecule has 148 valence electrons. The molecule has 1 aliphatic rings. The van der Waals surface area contributed by atoms with Crippen molar-refractivity contribution in [2.24, 2.45) is 13.0 Å². The SMILES string of the molecule is CC(C)c1noc(-c2ccnc(N3CCCC(C(O)c4nccn4C)C3)c2)n1. The standard InChI is InChI=1S/C20H26N6O2/c1-13(2)18-23-20(28-24-18)14-6-7-21-16(11-14)26-9-4-5-15(12-26)17(27)19-22-8-10-25(19)3/h6-8,10-11,13,15,17,27H,4-5,9,12H2,1-3H3. The number of imidazole rings is 1. The van der Waals surface area contributed by atoms with E-state index in [1.165, 1.54) is 0 Å². The van der Waals surface area contributed by atoms with E-state index in [1.54, 1.807) is 12.4 Å². The van der Waals surface area contributed by atoms with Crippen molar-refractivity contribution < 1.29 is 9.63 Å². The van der Waals surface area contributed by atoms with Crippen LogP contribution in [0.4, 0.5) is 5.82 Å². The van der Waals surface area contributed by atoms with Crippen LogP contribution in [0.1, 0.15) is 50.4 Å². The fraction of sp³-hybridized carbons (Fsp3) is 0.500. The van der Waals surface area contributed by atoms with Crippen molar-refractivity contribution in [3.63, 3.8) is 0 Å². The normalized spacial score (nSPS) is 18.6. The summed E-state index contributed by atoms with van der Waals surface area (Å²) in [5.41, 5.74) is 0.858. The average Bonchev–Trinajstić information content (AvgIpc) is 3.37. The number of anilines is 1. The van der Waals surface area contributed by atoms with Gasteiger partial charge in [0.25, 0.3) is 5.89 Å². The molecule has 0 radical (unpaired) electrons. The summed E-state index contributed by atoms with van der Waals surface area (Å²) in [4.78, 5) is 15.5. The lowest BCUT2D eigenvalue weighted by atomic mass is 9.92. The minimum Gasteiger partial charge on any atom is -0.385 e. The topological polar surface area (TPSA) is 93.1 Å². The molecule has 1 aliphatic heterocycles. The van der Waals surface area contributed by atoms with Gasteiger partial charge in [-0.2, -0.15) is 4.98 Å². The Kier molecular flexibility index (Phi) is 5.13. The zero-order valence-corrected chi connectivity index (χ0v) is 16.5. The van der Waals surface area contributed by atoms with E-state index < -0.39 is 6.10 Å². The molecule has 1 fully saturated rings. The Hall–Kier alpha value is -2.74. The van der Waals surface area contributed by atoms with Gasteiger partial charge in [-0.1, -0.05) is 19.0 Å². The number of pyridine rings is 1. The second-order valence-corrected chi connectivity index (χ2v) is 7.70. The zero-order chi connectivity index (χ0) is 19.7. The van der Waals surface area contributed by atoms with Gasteiger partial charge in [0.15, 0.2) is 5.82 Å². The summed E-state index contributed by atoms with van der Waals surface area (Å²) < 4.78 is 7.30. The first-order valence-electron chi connectivity index (χ1n) is 9.73. The molecule has 28 heavy (non-hydrogen) atoms. The first-order valence-corrected chi connectivity index (χ1v) is 9.73. The van der Waals surface area contributed by atoms with Gasteiger partial charge in [-0.15, -0.1) is 0 Å². The molecule has 0 aliphatic carbocycles. The summed E-state index contributed by atoms with van der Waals surface area (Å²) in [7, 11) is 1.91. The molecule has 0 aromatic carbocycles. The lowest BCUT2D eigenvalue weighted by Crippen LogP contribution is -2.38. The fourth-order valence-electron chi connectivity index (χ4n) is 3.66. The Balaban J connectivity index is 1.53. The Labute approximate surface area is 164 Å². The lowest BCUT2D eigenvalue weighted by molar-refractivity contribution is 0.0874. The van der Waals surface area contributed by atoms with E-state index in [1.807, 2.05) is 43.8 Å². The molecule has 2 atom stereocenters. The maximum Gasteiger partial charge on any atom is 0.258 e. The molecule has 8 heteroatoms. The number of rotatable bonds is 5.